The van der Waals surface area contributed by atoms with Crippen molar-refractivity contribution >= 4 is 5.97 Å². The molecule has 0 bridgehead atoms. The van der Waals surface area contributed by atoms with Crippen molar-refractivity contribution < 1.29 is 9.53 Å². The monoisotopic (exact) mass is 197 g/mol. The predicted octanol–water partition coefficient (Wildman–Crippen LogP) is 1.28. The summed E-state index contributed by atoms with van der Waals surface area (Å²) in [5.74, 6) is 2.47. The summed E-state index contributed by atoms with van der Waals surface area (Å²) in [6.07, 6.45) is 7.52. The smallest absolute Gasteiger partial charge is 0.305 e. The Balaban J connectivity index is 3.29. The van der Waals surface area contributed by atoms with Crippen molar-refractivity contribution in [2.75, 3.05) is 26.7 Å². The fourth-order valence-electron chi connectivity index (χ4n) is 1.12. The minimum atomic E-state index is -0.105. The number of carbonyl (C=O) groups excluding carboxylic acids is 1. The Morgan fingerprint density at radius 3 is 2.79 bits per heavy atom. The van der Waals surface area contributed by atoms with Gasteiger partial charge in [0.05, 0.1) is 13.2 Å². The molecule has 0 aliphatic carbocycles. The average molecular weight is 197 g/mol. The molecule has 0 atom stereocenters. The summed E-state index contributed by atoms with van der Waals surface area (Å²) < 4.78 is 4.81. The summed E-state index contributed by atoms with van der Waals surface area (Å²) >= 11 is 0. The summed E-state index contributed by atoms with van der Waals surface area (Å²) in [5, 5.41) is 0. The van der Waals surface area contributed by atoms with Gasteiger partial charge in [0.15, 0.2) is 0 Å². The van der Waals surface area contributed by atoms with Crippen molar-refractivity contribution in [1.29, 1.82) is 0 Å². The van der Waals surface area contributed by atoms with Crippen molar-refractivity contribution in [2.45, 2.75) is 26.2 Å². The van der Waals surface area contributed by atoms with Crippen LogP contribution in [0.15, 0.2) is 0 Å². The van der Waals surface area contributed by atoms with E-state index < -0.39 is 0 Å². The third-order valence-electron chi connectivity index (χ3n) is 1.84. The van der Waals surface area contributed by atoms with Crippen molar-refractivity contribution in [3.05, 3.63) is 0 Å². The second kappa shape index (κ2) is 8.58. The number of hydrogen-bond acceptors (Lipinski definition) is 3. The van der Waals surface area contributed by atoms with E-state index in [4.69, 9.17) is 11.2 Å². The van der Waals surface area contributed by atoms with E-state index >= 15 is 0 Å². The standard InChI is InChI=1S/C11H19NO2/c1-4-9-12(3)10-7-6-8-11(13)14-5-2/h1H,5-10H2,2-3H3. The lowest BCUT2D eigenvalue weighted by atomic mass is 10.2. The van der Waals surface area contributed by atoms with Crippen LogP contribution in [0.3, 0.4) is 0 Å². The summed E-state index contributed by atoms with van der Waals surface area (Å²) in [7, 11) is 1.98. The zero-order valence-corrected chi connectivity index (χ0v) is 9.08. The molecule has 0 aromatic rings. The van der Waals surface area contributed by atoms with Gasteiger partial charge in [0, 0.05) is 6.42 Å². The van der Waals surface area contributed by atoms with Gasteiger partial charge in [0.1, 0.15) is 0 Å². The molecule has 0 N–H and O–H groups in total. The molecule has 0 fully saturated rings. The minimum absolute atomic E-state index is 0.105. The maximum Gasteiger partial charge on any atom is 0.305 e. The van der Waals surface area contributed by atoms with Crippen LogP contribution < -0.4 is 0 Å². The zero-order valence-electron chi connectivity index (χ0n) is 9.08. The Hall–Kier alpha value is -1.01. The largest absolute Gasteiger partial charge is 0.466 e. The molecule has 0 aromatic carbocycles. The zero-order chi connectivity index (χ0) is 10.8. The van der Waals surface area contributed by atoms with E-state index in [9.17, 15) is 4.79 Å². The number of nitrogens with zero attached hydrogens (tertiary/aromatic N) is 1. The fourth-order valence-corrected chi connectivity index (χ4v) is 1.12. The normalized spacial score (nSPS) is 9.86. The summed E-state index contributed by atoms with van der Waals surface area (Å²) in [6, 6.07) is 0. The molecule has 0 radical (unpaired) electrons. The maximum atomic E-state index is 10.9. The van der Waals surface area contributed by atoms with Crippen LogP contribution in [0.5, 0.6) is 0 Å². The van der Waals surface area contributed by atoms with E-state index in [0.29, 0.717) is 19.6 Å². The summed E-state index contributed by atoms with van der Waals surface area (Å²) in [6.45, 7) is 3.89. The summed E-state index contributed by atoms with van der Waals surface area (Å²) in [5.41, 5.74) is 0. The molecule has 0 rings (SSSR count). The van der Waals surface area contributed by atoms with Crippen LogP contribution >= 0.6 is 0 Å². The third kappa shape index (κ3) is 7.63. The Kier molecular flexibility index (Phi) is 7.96. The molecule has 0 spiro atoms. The van der Waals surface area contributed by atoms with Crippen molar-refractivity contribution in [1.82, 2.24) is 4.90 Å². The van der Waals surface area contributed by atoms with Crippen LogP contribution in [0.1, 0.15) is 26.2 Å². The molecule has 80 valence electrons. The molecular weight excluding hydrogens is 178 g/mol. The number of esters is 1. The van der Waals surface area contributed by atoms with Gasteiger partial charge in [-0.05, 0) is 33.4 Å². The number of ether oxygens (including phenoxy) is 1. The maximum absolute atomic E-state index is 10.9. The number of carbonyl (C=O) groups is 1. The molecular formula is C11H19NO2. The highest BCUT2D eigenvalue weighted by Crippen LogP contribution is 1.99. The van der Waals surface area contributed by atoms with E-state index in [0.717, 1.165) is 19.4 Å². The quantitative estimate of drug-likeness (QED) is 0.350. The summed E-state index contributed by atoms with van der Waals surface area (Å²) in [4.78, 5) is 13.0. The molecule has 3 nitrogen and oxygen atoms in total. The van der Waals surface area contributed by atoms with Gasteiger partial charge in [-0.15, -0.1) is 6.42 Å². The van der Waals surface area contributed by atoms with Crippen LogP contribution in [-0.4, -0.2) is 37.6 Å². The van der Waals surface area contributed by atoms with Crippen molar-refractivity contribution in [3.8, 4) is 12.3 Å². The first-order chi connectivity index (χ1) is 6.70. The van der Waals surface area contributed by atoms with E-state index in [-0.39, 0.29) is 5.97 Å². The molecule has 0 unspecified atom stereocenters. The predicted molar refractivity (Wildman–Crippen MR) is 56.8 cm³/mol. The molecule has 3 heteroatoms. The van der Waals surface area contributed by atoms with Crippen LogP contribution in [-0.2, 0) is 9.53 Å². The van der Waals surface area contributed by atoms with Crippen LogP contribution in [0.25, 0.3) is 0 Å². The van der Waals surface area contributed by atoms with E-state index in [1.165, 1.54) is 0 Å². The lowest BCUT2D eigenvalue weighted by Crippen LogP contribution is -2.19. The molecule has 0 aliphatic heterocycles. The first-order valence-corrected chi connectivity index (χ1v) is 4.98. The second-order valence-corrected chi connectivity index (χ2v) is 3.20. The van der Waals surface area contributed by atoms with Crippen LogP contribution in [0, 0.1) is 12.3 Å². The van der Waals surface area contributed by atoms with E-state index in [2.05, 4.69) is 10.8 Å². The fraction of sp³-hybridized carbons (Fsp3) is 0.727. The van der Waals surface area contributed by atoms with Gasteiger partial charge < -0.3 is 4.74 Å². The molecule has 14 heavy (non-hydrogen) atoms. The molecule has 0 amide bonds. The number of unbranched alkanes of at least 4 members (excludes halogenated alkanes) is 1. The van der Waals surface area contributed by atoms with Gasteiger partial charge in [0.25, 0.3) is 0 Å². The van der Waals surface area contributed by atoms with Gasteiger partial charge in [-0.1, -0.05) is 5.92 Å². The highest BCUT2D eigenvalue weighted by Gasteiger charge is 2.01. The lowest BCUT2D eigenvalue weighted by molar-refractivity contribution is -0.143. The Morgan fingerprint density at radius 1 is 1.50 bits per heavy atom. The highest BCUT2D eigenvalue weighted by molar-refractivity contribution is 5.69. The van der Waals surface area contributed by atoms with Crippen molar-refractivity contribution in [3.63, 3.8) is 0 Å². The number of rotatable bonds is 7. The van der Waals surface area contributed by atoms with Gasteiger partial charge in [-0.3, -0.25) is 9.69 Å². The topological polar surface area (TPSA) is 29.5 Å². The van der Waals surface area contributed by atoms with Gasteiger partial charge >= 0.3 is 5.97 Å². The molecule has 0 heterocycles. The third-order valence-corrected chi connectivity index (χ3v) is 1.84. The number of terminal acetylenes is 1. The Bertz CT molecular complexity index is 196. The second-order valence-electron chi connectivity index (χ2n) is 3.20. The first kappa shape index (κ1) is 13.0. The van der Waals surface area contributed by atoms with Crippen molar-refractivity contribution in [2.24, 2.45) is 0 Å². The molecule has 0 aromatic heterocycles. The van der Waals surface area contributed by atoms with Crippen LogP contribution in [0.4, 0.5) is 0 Å². The van der Waals surface area contributed by atoms with Gasteiger partial charge in [-0.25, -0.2) is 0 Å². The molecule has 0 saturated carbocycles. The molecule has 0 aliphatic rings. The first-order valence-electron chi connectivity index (χ1n) is 4.98. The van der Waals surface area contributed by atoms with Crippen LogP contribution in [0.2, 0.25) is 0 Å². The number of hydrogen-bond donors (Lipinski definition) is 0. The highest BCUT2D eigenvalue weighted by atomic mass is 16.5. The SMILES string of the molecule is C#CCN(C)CCCCC(=O)OCC. The van der Waals surface area contributed by atoms with Gasteiger partial charge in [-0.2, -0.15) is 0 Å². The van der Waals surface area contributed by atoms with E-state index in [1.54, 1.807) is 0 Å². The molecule has 0 saturated heterocycles. The Labute approximate surface area is 86.4 Å². The minimum Gasteiger partial charge on any atom is -0.466 e. The Morgan fingerprint density at radius 2 is 2.21 bits per heavy atom. The van der Waals surface area contributed by atoms with E-state index in [1.807, 2.05) is 14.0 Å². The van der Waals surface area contributed by atoms with Gasteiger partial charge in [0.2, 0.25) is 0 Å². The lowest BCUT2D eigenvalue weighted by Gasteiger charge is -2.12. The average Bonchev–Trinajstić information content (AvgIpc) is 2.13.